The minimum atomic E-state index is 0.0176. The molecule has 2 unspecified atom stereocenters. The quantitative estimate of drug-likeness (QED) is 0.715. The first-order valence-electron chi connectivity index (χ1n) is 5.17. The van der Waals surface area contributed by atoms with Crippen molar-refractivity contribution >= 4 is 11.8 Å². The van der Waals surface area contributed by atoms with Crippen molar-refractivity contribution < 1.29 is 5.11 Å². The van der Waals surface area contributed by atoms with Gasteiger partial charge in [0.25, 0.3) is 0 Å². The van der Waals surface area contributed by atoms with E-state index in [1.54, 1.807) is 0 Å². The van der Waals surface area contributed by atoms with E-state index in [2.05, 4.69) is 0 Å². The third kappa shape index (κ3) is 1.80. The van der Waals surface area contributed by atoms with E-state index in [9.17, 15) is 5.11 Å². The van der Waals surface area contributed by atoms with Gasteiger partial charge < -0.3 is 5.11 Å². The molecule has 1 aliphatic heterocycles. The fourth-order valence-electron chi connectivity index (χ4n) is 2.12. The van der Waals surface area contributed by atoms with E-state index < -0.39 is 0 Å². The molecule has 0 aromatic heterocycles. The highest BCUT2D eigenvalue weighted by molar-refractivity contribution is 8.00. The van der Waals surface area contributed by atoms with Crippen LogP contribution >= 0.6 is 11.8 Å². The van der Waals surface area contributed by atoms with Crippen LogP contribution in [0, 0.1) is 5.92 Å². The molecule has 0 amide bonds. The molecule has 2 fully saturated rings. The van der Waals surface area contributed by atoms with Gasteiger partial charge in [-0.25, -0.2) is 0 Å². The summed E-state index contributed by atoms with van der Waals surface area (Å²) in [7, 11) is 0. The van der Waals surface area contributed by atoms with Gasteiger partial charge in [0.1, 0.15) is 0 Å². The first-order chi connectivity index (χ1) is 5.88. The maximum Gasteiger partial charge on any atom is 0.0686 e. The summed E-state index contributed by atoms with van der Waals surface area (Å²) in [6, 6.07) is 0. The van der Waals surface area contributed by atoms with Crippen molar-refractivity contribution in [3.63, 3.8) is 0 Å². The summed E-state index contributed by atoms with van der Waals surface area (Å²) >= 11 is 2.00. The van der Waals surface area contributed by atoms with Gasteiger partial charge in [0, 0.05) is 5.25 Å². The lowest BCUT2D eigenvalue weighted by Crippen LogP contribution is -2.36. The minimum absolute atomic E-state index is 0.0176. The van der Waals surface area contributed by atoms with Crippen LogP contribution in [0.1, 0.15) is 38.5 Å². The monoisotopic (exact) mass is 186 g/mol. The van der Waals surface area contributed by atoms with Crippen molar-refractivity contribution in [3.05, 3.63) is 0 Å². The summed E-state index contributed by atoms with van der Waals surface area (Å²) in [6.45, 7) is 0. The van der Waals surface area contributed by atoms with E-state index in [0.717, 1.165) is 0 Å². The van der Waals surface area contributed by atoms with Crippen LogP contribution in [-0.2, 0) is 0 Å². The third-order valence-electron chi connectivity index (χ3n) is 3.23. The van der Waals surface area contributed by atoms with Gasteiger partial charge in [-0.05, 0) is 37.4 Å². The second kappa shape index (κ2) is 4.01. The lowest BCUT2D eigenvalue weighted by atomic mass is 9.79. The first-order valence-corrected chi connectivity index (χ1v) is 6.22. The summed E-state index contributed by atoms with van der Waals surface area (Å²) < 4.78 is 0. The van der Waals surface area contributed by atoms with E-state index in [4.69, 9.17) is 0 Å². The molecule has 0 aromatic carbocycles. The molecule has 1 saturated heterocycles. The van der Waals surface area contributed by atoms with E-state index >= 15 is 0 Å². The predicted molar refractivity (Wildman–Crippen MR) is 53.4 cm³/mol. The second-order valence-electron chi connectivity index (χ2n) is 4.09. The maximum absolute atomic E-state index is 9.97. The van der Waals surface area contributed by atoms with Crippen LogP contribution in [-0.4, -0.2) is 22.2 Å². The van der Waals surface area contributed by atoms with E-state index in [-0.39, 0.29) is 6.10 Å². The van der Waals surface area contributed by atoms with Crippen molar-refractivity contribution in [1.82, 2.24) is 0 Å². The van der Waals surface area contributed by atoms with Crippen molar-refractivity contribution in [3.8, 4) is 0 Å². The van der Waals surface area contributed by atoms with Gasteiger partial charge in [-0.15, -0.1) is 0 Å². The Labute approximate surface area is 78.9 Å². The van der Waals surface area contributed by atoms with Gasteiger partial charge in [0.05, 0.1) is 6.10 Å². The largest absolute Gasteiger partial charge is 0.392 e. The Balaban J connectivity index is 1.80. The Morgan fingerprint density at radius 1 is 1.08 bits per heavy atom. The standard InChI is InChI=1S/C10H18OS/c11-10(8-4-3-5-8)9-6-1-2-7-12-9/h8-11H,1-7H2. The Morgan fingerprint density at radius 2 is 1.92 bits per heavy atom. The fourth-order valence-corrected chi connectivity index (χ4v) is 3.55. The molecule has 0 bridgehead atoms. The van der Waals surface area contributed by atoms with Gasteiger partial charge in [0.2, 0.25) is 0 Å². The van der Waals surface area contributed by atoms with Crippen LogP contribution in [0.2, 0.25) is 0 Å². The molecular formula is C10H18OS. The van der Waals surface area contributed by atoms with Gasteiger partial charge in [0.15, 0.2) is 0 Å². The van der Waals surface area contributed by atoms with Gasteiger partial charge in [-0.3, -0.25) is 0 Å². The number of thioether (sulfide) groups is 1. The average molecular weight is 186 g/mol. The smallest absolute Gasteiger partial charge is 0.0686 e. The molecule has 0 aromatic rings. The minimum Gasteiger partial charge on any atom is -0.392 e. The van der Waals surface area contributed by atoms with E-state index in [1.807, 2.05) is 11.8 Å². The summed E-state index contributed by atoms with van der Waals surface area (Å²) in [4.78, 5) is 0. The van der Waals surface area contributed by atoms with Crippen molar-refractivity contribution in [1.29, 1.82) is 0 Å². The molecule has 1 nitrogen and oxygen atoms in total. The maximum atomic E-state index is 9.97. The third-order valence-corrected chi connectivity index (χ3v) is 4.70. The van der Waals surface area contributed by atoms with Gasteiger partial charge in [-0.1, -0.05) is 12.8 Å². The molecule has 1 N–H and O–H groups in total. The zero-order valence-corrected chi connectivity index (χ0v) is 8.35. The molecule has 2 atom stereocenters. The number of aliphatic hydroxyl groups is 1. The van der Waals surface area contributed by atoms with Crippen molar-refractivity contribution in [2.75, 3.05) is 5.75 Å². The summed E-state index contributed by atoms with van der Waals surface area (Å²) in [5.41, 5.74) is 0. The number of hydrogen-bond acceptors (Lipinski definition) is 2. The Hall–Kier alpha value is 0.310. The Kier molecular flexibility index (Phi) is 2.97. The molecule has 70 valence electrons. The van der Waals surface area contributed by atoms with Crippen LogP contribution in [0.3, 0.4) is 0 Å². The summed E-state index contributed by atoms with van der Waals surface area (Å²) in [5, 5.41) is 10.5. The number of rotatable bonds is 2. The summed E-state index contributed by atoms with van der Waals surface area (Å²) in [6.07, 6.45) is 7.86. The highest BCUT2D eigenvalue weighted by atomic mass is 32.2. The van der Waals surface area contributed by atoms with E-state index in [0.29, 0.717) is 11.2 Å². The molecule has 1 saturated carbocycles. The topological polar surface area (TPSA) is 20.2 Å². The second-order valence-corrected chi connectivity index (χ2v) is 5.43. The van der Waals surface area contributed by atoms with Crippen LogP contribution < -0.4 is 0 Å². The van der Waals surface area contributed by atoms with Crippen molar-refractivity contribution in [2.45, 2.75) is 49.9 Å². The highest BCUT2D eigenvalue weighted by Gasteiger charge is 2.32. The first kappa shape index (κ1) is 8.89. The lowest BCUT2D eigenvalue weighted by molar-refractivity contribution is 0.0579. The number of hydrogen-bond donors (Lipinski definition) is 1. The summed E-state index contributed by atoms with van der Waals surface area (Å²) in [5.74, 6) is 1.93. The lowest BCUT2D eigenvalue weighted by Gasteiger charge is -2.36. The molecule has 1 aliphatic carbocycles. The molecule has 2 rings (SSSR count). The predicted octanol–water partition coefficient (Wildman–Crippen LogP) is 2.43. The fraction of sp³-hybridized carbons (Fsp3) is 1.00. The molecule has 2 heteroatoms. The molecule has 0 spiro atoms. The zero-order valence-electron chi connectivity index (χ0n) is 7.54. The van der Waals surface area contributed by atoms with Gasteiger partial charge in [-0.2, -0.15) is 11.8 Å². The van der Waals surface area contributed by atoms with Gasteiger partial charge >= 0.3 is 0 Å². The Morgan fingerprint density at radius 3 is 2.42 bits per heavy atom. The number of aliphatic hydroxyl groups excluding tert-OH is 1. The van der Waals surface area contributed by atoms with E-state index in [1.165, 1.54) is 44.3 Å². The van der Waals surface area contributed by atoms with Crippen LogP contribution in [0.4, 0.5) is 0 Å². The molecule has 1 heterocycles. The molecular weight excluding hydrogens is 168 g/mol. The normalized spacial score (nSPS) is 34.2. The molecule has 0 radical (unpaired) electrons. The Bertz CT molecular complexity index is 139. The van der Waals surface area contributed by atoms with Crippen LogP contribution in [0.15, 0.2) is 0 Å². The molecule has 12 heavy (non-hydrogen) atoms. The average Bonchev–Trinajstić information content (AvgIpc) is 2.03. The highest BCUT2D eigenvalue weighted by Crippen LogP contribution is 2.37. The zero-order chi connectivity index (χ0) is 8.39. The molecule has 2 aliphatic rings. The van der Waals surface area contributed by atoms with Crippen LogP contribution in [0.5, 0.6) is 0 Å². The SMILES string of the molecule is OC(C1CCC1)C1CCCCS1. The van der Waals surface area contributed by atoms with Crippen LogP contribution in [0.25, 0.3) is 0 Å². The van der Waals surface area contributed by atoms with Crippen molar-refractivity contribution in [2.24, 2.45) is 5.92 Å².